The summed E-state index contributed by atoms with van der Waals surface area (Å²) in [5, 5.41) is 0.469. The number of hydrogen-bond acceptors (Lipinski definition) is 5. The van der Waals surface area contributed by atoms with Crippen LogP contribution in [0.4, 0.5) is 0 Å². The van der Waals surface area contributed by atoms with Gasteiger partial charge in [-0.05, 0) is 55.7 Å². The van der Waals surface area contributed by atoms with Crippen LogP contribution in [0.25, 0.3) is 5.65 Å². The van der Waals surface area contributed by atoms with Gasteiger partial charge in [0.05, 0.1) is 16.5 Å². The monoisotopic (exact) mass is 447 g/mol. The molecule has 1 fully saturated rings. The Morgan fingerprint density at radius 1 is 1.27 bits per heavy atom. The number of nitrogens with zero attached hydrogens (tertiary/aromatic N) is 3. The molecule has 2 aromatic heterocycles. The molecule has 1 saturated heterocycles. The lowest BCUT2D eigenvalue weighted by atomic mass is 10.00. The SMILES string of the molecule is Cc1cccn2cc(COC(=O)C3CCCN(S(=O)(=O)c4ccc(Cl)cc4)C3)nc12. The third-order valence-corrected chi connectivity index (χ3v) is 7.39. The lowest BCUT2D eigenvalue weighted by Gasteiger charge is -2.30. The minimum absolute atomic E-state index is 0.0559. The van der Waals surface area contributed by atoms with Crippen molar-refractivity contribution in [3.8, 4) is 0 Å². The standard InChI is InChI=1S/C21H22ClN3O4S/c1-15-4-2-10-24-13-18(23-20(15)24)14-29-21(26)16-5-3-11-25(12-16)30(27,28)19-8-6-17(22)7-9-19/h2,4,6-10,13,16H,3,5,11-12,14H2,1H3. The number of imidazole rings is 1. The van der Waals surface area contributed by atoms with Crippen LogP contribution in [0.3, 0.4) is 0 Å². The molecule has 158 valence electrons. The predicted octanol–water partition coefficient (Wildman–Crippen LogP) is 3.44. The fourth-order valence-electron chi connectivity index (χ4n) is 3.65. The van der Waals surface area contributed by atoms with Gasteiger partial charge in [-0.3, -0.25) is 4.79 Å². The number of hydrogen-bond donors (Lipinski definition) is 0. The normalized spacial score (nSPS) is 17.9. The first kappa shape index (κ1) is 20.8. The van der Waals surface area contributed by atoms with Gasteiger partial charge < -0.3 is 9.14 Å². The van der Waals surface area contributed by atoms with Crippen LogP contribution in [0.2, 0.25) is 5.02 Å². The lowest BCUT2D eigenvalue weighted by molar-refractivity contribution is -0.151. The molecule has 1 aromatic carbocycles. The maximum Gasteiger partial charge on any atom is 0.310 e. The lowest BCUT2D eigenvalue weighted by Crippen LogP contribution is -2.42. The second-order valence-corrected chi connectivity index (χ2v) is 9.79. The second kappa shape index (κ2) is 8.37. The number of carbonyl (C=O) groups excluding carboxylic acids is 1. The molecule has 9 heteroatoms. The summed E-state index contributed by atoms with van der Waals surface area (Å²) in [5.41, 5.74) is 2.51. The highest BCUT2D eigenvalue weighted by molar-refractivity contribution is 7.89. The van der Waals surface area contributed by atoms with E-state index in [1.165, 1.54) is 16.4 Å². The summed E-state index contributed by atoms with van der Waals surface area (Å²) in [6.07, 6.45) is 4.91. The molecular formula is C21H22ClN3O4S. The zero-order valence-electron chi connectivity index (χ0n) is 16.5. The summed E-state index contributed by atoms with van der Waals surface area (Å²) >= 11 is 5.86. The molecule has 0 saturated carbocycles. The Morgan fingerprint density at radius 2 is 2.03 bits per heavy atom. The van der Waals surface area contributed by atoms with E-state index in [2.05, 4.69) is 4.98 Å². The molecule has 0 amide bonds. The quantitative estimate of drug-likeness (QED) is 0.559. The van der Waals surface area contributed by atoms with Gasteiger partial charge in [0.25, 0.3) is 0 Å². The molecule has 30 heavy (non-hydrogen) atoms. The minimum Gasteiger partial charge on any atom is -0.459 e. The number of ether oxygens (including phenoxy) is 1. The number of piperidine rings is 1. The molecule has 1 aliphatic heterocycles. The molecule has 1 unspecified atom stereocenters. The highest BCUT2D eigenvalue weighted by atomic mass is 35.5. The molecule has 1 atom stereocenters. The summed E-state index contributed by atoms with van der Waals surface area (Å²) in [4.78, 5) is 17.3. The Kier molecular flexibility index (Phi) is 5.81. The van der Waals surface area contributed by atoms with Crippen molar-refractivity contribution >= 4 is 33.2 Å². The number of carbonyl (C=O) groups is 1. The summed E-state index contributed by atoms with van der Waals surface area (Å²) in [5.74, 6) is -0.903. The molecular weight excluding hydrogens is 426 g/mol. The first-order valence-corrected chi connectivity index (χ1v) is 11.5. The fraction of sp³-hybridized carbons (Fsp3) is 0.333. The summed E-state index contributed by atoms with van der Waals surface area (Å²) < 4.78 is 34.5. The fourth-order valence-corrected chi connectivity index (χ4v) is 5.30. The highest BCUT2D eigenvalue weighted by Gasteiger charge is 2.34. The predicted molar refractivity (Wildman–Crippen MR) is 113 cm³/mol. The summed E-state index contributed by atoms with van der Waals surface area (Å²) in [6, 6.07) is 9.94. The topological polar surface area (TPSA) is 81.0 Å². The van der Waals surface area contributed by atoms with Crippen molar-refractivity contribution < 1.29 is 17.9 Å². The van der Waals surface area contributed by atoms with Crippen molar-refractivity contribution in [1.82, 2.24) is 13.7 Å². The number of aryl methyl sites for hydroxylation is 1. The van der Waals surface area contributed by atoms with Crippen LogP contribution in [0.1, 0.15) is 24.1 Å². The van der Waals surface area contributed by atoms with Gasteiger partial charge in [0.1, 0.15) is 12.3 Å². The number of rotatable bonds is 5. The average Bonchev–Trinajstić information content (AvgIpc) is 3.17. The van der Waals surface area contributed by atoms with Crippen LogP contribution in [-0.2, 0) is 26.2 Å². The van der Waals surface area contributed by atoms with E-state index in [9.17, 15) is 13.2 Å². The van der Waals surface area contributed by atoms with E-state index < -0.39 is 21.9 Å². The van der Waals surface area contributed by atoms with Gasteiger partial charge >= 0.3 is 5.97 Å². The third-order valence-electron chi connectivity index (χ3n) is 5.26. The summed E-state index contributed by atoms with van der Waals surface area (Å²) in [6.45, 7) is 2.50. The maximum atomic E-state index is 12.9. The van der Waals surface area contributed by atoms with E-state index in [0.29, 0.717) is 30.1 Å². The first-order valence-electron chi connectivity index (χ1n) is 9.70. The number of fused-ring (bicyclic) bond motifs is 1. The number of benzene rings is 1. The largest absolute Gasteiger partial charge is 0.459 e. The van der Waals surface area contributed by atoms with Crippen molar-refractivity contribution in [1.29, 1.82) is 0 Å². The van der Waals surface area contributed by atoms with Crippen LogP contribution < -0.4 is 0 Å². The number of halogens is 1. The van der Waals surface area contributed by atoms with E-state index in [1.807, 2.05) is 35.9 Å². The van der Waals surface area contributed by atoms with Crippen molar-refractivity contribution in [2.75, 3.05) is 13.1 Å². The molecule has 0 radical (unpaired) electrons. The Labute approximate surface area is 180 Å². The molecule has 1 aliphatic rings. The molecule has 4 rings (SSSR count). The van der Waals surface area contributed by atoms with Gasteiger partial charge in [0.15, 0.2) is 0 Å². The minimum atomic E-state index is -3.68. The molecule has 0 N–H and O–H groups in total. The van der Waals surface area contributed by atoms with Gasteiger partial charge in [-0.1, -0.05) is 17.7 Å². The van der Waals surface area contributed by atoms with Gasteiger partial charge in [-0.15, -0.1) is 0 Å². The van der Waals surface area contributed by atoms with E-state index in [4.69, 9.17) is 16.3 Å². The summed E-state index contributed by atoms with van der Waals surface area (Å²) in [7, 11) is -3.68. The molecule has 0 spiro atoms. The van der Waals surface area contributed by atoms with Gasteiger partial charge in [-0.2, -0.15) is 4.31 Å². The highest BCUT2D eigenvalue weighted by Crippen LogP contribution is 2.25. The van der Waals surface area contributed by atoms with E-state index in [0.717, 1.165) is 11.2 Å². The number of pyridine rings is 1. The van der Waals surface area contributed by atoms with Crippen molar-refractivity contribution in [3.05, 3.63) is 65.1 Å². The van der Waals surface area contributed by atoms with Gasteiger partial charge in [0, 0.05) is 30.5 Å². The Morgan fingerprint density at radius 3 is 2.77 bits per heavy atom. The smallest absolute Gasteiger partial charge is 0.310 e. The zero-order chi connectivity index (χ0) is 21.3. The zero-order valence-corrected chi connectivity index (χ0v) is 18.1. The molecule has 0 aliphatic carbocycles. The van der Waals surface area contributed by atoms with Crippen LogP contribution in [-0.4, -0.2) is 41.2 Å². The van der Waals surface area contributed by atoms with Crippen LogP contribution in [0.5, 0.6) is 0 Å². The van der Waals surface area contributed by atoms with E-state index in [-0.39, 0.29) is 18.0 Å². The second-order valence-electron chi connectivity index (χ2n) is 7.42. The molecule has 3 heterocycles. The number of esters is 1. The molecule has 3 aromatic rings. The van der Waals surface area contributed by atoms with Crippen molar-refractivity contribution in [2.24, 2.45) is 5.92 Å². The van der Waals surface area contributed by atoms with Crippen LogP contribution >= 0.6 is 11.6 Å². The van der Waals surface area contributed by atoms with Crippen molar-refractivity contribution in [3.63, 3.8) is 0 Å². The Hall–Kier alpha value is -2.42. The Balaban J connectivity index is 1.41. The number of aromatic nitrogens is 2. The molecule has 7 nitrogen and oxygen atoms in total. The average molecular weight is 448 g/mol. The van der Waals surface area contributed by atoms with Gasteiger partial charge in [-0.25, -0.2) is 13.4 Å². The van der Waals surface area contributed by atoms with Crippen LogP contribution in [0, 0.1) is 12.8 Å². The maximum absolute atomic E-state index is 12.9. The Bertz CT molecular complexity index is 1170. The van der Waals surface area contributed by atoms with Gasteiger partial charge in [0.2, 0.25) is 10.0 Å². The van der Waals surface area contributed by atoms with Crippen molar-refractivity contribution in [2.45, 2.75) is 31.3 Å². The van der Waals surface area contributed by atoms with Crippen LogP contribution in [0.15, 0.2) is 53.7 Å². The third kappa shape index (κ3) is 4.21. The number of sulfonamides is 1. The first-order chi connectivity index (χ1) is 14.3. The van der Waals surface area contributed by atoms with E-state index in [1.54, 1.807) is 12.1 Å². The molecule has 0 bridgehead atoms. The van der Waals surface area contributed by atoms with E-state index >= 15 is 0 Å².